The van der Waals surface area contributed by atoms with E-state index in [0.29, 0.717) is 32.5 Å². The molecule has 1 amide bonds. The number of alkyl halides is 3. The first-order chi connectivity index (χ1) is 18.2. The number of aromatic nitrogens is 4. The molecule has 0 bridgehead atoms. The maximum atomic E-state index is 13.6. The smallest absolute Gasteiger partial charge is 0.390 e. The van der Waals surface area contributed by atoms with Crippen molar-refractivity contribution < 1.29 is 23.1 Å². The van der Waals surface area contributed by atoms with Gasteiger partial charge in [-0.05, 0) is 30.4 Å². The largest absolute Gasteiger partial charge is 0.451 e. The summed E-state index contributed by atoms with van der Waals surface area (Å²) < 4.78 is 40.9. The lowest BCUT2D eigenvalue weighted by Gasteiger charge is -2.32. The Kier molecular flexibility index (Phi) is 7.39. The summed E-state index contributed by atoms with van der Waals surface area (Å²) in [5, 5.41) is 23.6. The number of halogens is 3. The van der Waals surface area contributed by atoms with Crippen molar-refractivity contribution in [3.8, 4) is 0 Å². The number of carbonyl (C=O) groups is 1. The Morgan fingerprint density at radius 2 is 1.89 bits per heavy atom. The molecule has 1 atom stereocenters. The number of amides is 1. The summed E-state index contributed by atoms with van der Waals surface area (Å²) in [6.45, 7) is 4.60. The maximum Gasteiger partial charge on any atom is 0.451 e. The number of carbonyl (C=O) groups excluding carboxylic acids is 1. The Balaban J connectivity index is 1.27. The predicted molar refractivity (Wildman–Crippen MR) is 136 cm³/mol. The Labute approximate surface area is 217 Å². The number of H-pyrrole nitrogens is 1. The summed E-state index contributed by atoms with van der Waals surface area (Å²) in [5.41, 5.74) is 2.79. The molecule has 2 aliphatic rings. The minimum Gasteiger partial charge on any atom is -0.390 e. The molecule has 13 heteroatoms. The Hall–Kier alpha value is -3.45. The van der Waals surface area contributed by atoms with Gasteiger partial charge in [0, 0.05) is 52.2 Å². The lowest BCUT2D eigenvalue weighted by atomic mass is 10.00. The summed E-state index contributed by atoms with van der Waals surface area (Å²) in [6, 6.07) is 8.06. The fraction of sp³-hybridized carbons (Fsp3) is 0.520. The highest BCUT2D eigenvalue weighted by Gasteiger charge is 2.37. The van der Waals surface area contributed by atoms with Crippen LogP contribution in [0.25, 0.3) is 11.0 Å². The average molecular weight is 533 g/mol. The van der Waals surface area contributed by atoms with Gasteiger partial charge in [-0.3, -0.25) is 14.8 Å². The first kappa shape index (κ1) is 26.2. The SMILES string of the molecule is CC(=O)N1CCC(Nc2nc(C(F)(F)F)nc3c(NC[C@@H](O)CN4CCc5ccccc5C4)n[nH]c23)CC1. The number of aliphatic hydroxyl groups is 1. The topological polar surface area (TPSA) is 122 Å². The van der Waals surface area contributed by atoms with Crippen LogP contribution < -0.4 is 10.6 Å². The molecule has 0 saturated carbocycles. The van der Waals surface area contributed by atoms with Crippen molar-refractivity contribution in [2.24, 2.45) is 0 Å². The number of aromatic amines is 1. The van der Waals surface area contributed by atoms with Gasteiger partial charge in [-0.1, -0.05) is 24.3 Å². The molecule has 0 spiro atoms. The van der Waals surface area contributed by atoms with Crippen molar-refractivity contribution in [1.29, 1.82) is 0 Å². The summed E-state index contributed by atoms with van der Waals surface area (Å²) >= 11 is 0. The van der Waals surface area contributed by atoms with Crippen molar-refractivity contribution in [3.05, 3.63) is 41.2 Å². The normalized spacial score (nSPS) is 17.9. The molecule has 1 saturated heterocycles. The van der Waals surface area contributed by atoms with Gasteiger partial charge in [-0.2, -0.15) is 18.3 Å². The van der Waals surface area contributed by atoms with Crippen molar-refractivity contribution in [3.63, 3.8) is 0 Å². The lowest BCUT2D eigenvalue weighted by molar-refractivity contribution is -0.144. The summed E-state index contributed by atoms with van der Waals surface area (Å²) in [5.74, 6) is -1.17. The van der Waals surface area contributed by atoms with E-state index in [1.807, 2.05) is 12.1 Å². The first-order valence-corrected chi connectivity index (χ1v) is 12.7. The highest BCUT2D eigenvalue weighted by molar-refractivity contribution is 5.93. The van der Waals surface area contributed by atoms with E-state index in [2.05, 4.69) is 47.8 Å². The quantitative estimate of drug-likeness (QED) is 0.367. The minimum absolute atomic E-state index is 0.00454. The van der Waals surface area contributed by atoms with E-state index >= 15 is 0 Å². The number of likely N-dealkylation sites (tertiary alicyclic amines) is 1. The molecule has 204 valence electrons. The number of nitrogens with one attached hydrogen (secondary N) is 3. The van der Waals surface area contributed by atoms with E-state index in [4.69, 9.17) is 0 Å². The fourth-order valence-electron chi connectivity index (χ4n) is 5.08. The Morgan fingerprint density at radius 1 is 1.16 bits per heavy atom. The van der Waals surface area contributed by atoms with E-state index in [-0.39, 0.29) is 41.2 Å². The number of piperidine rings is 1. The zero-order chi connectivity index (χ0) is 26.9. The van der Waals surface area contributed by atoms with E-state index in [0.717, 1.165) is 19.5 Å². The van der Waals surface area contributed by atoms with Crippen LogP contribution in [0.5, 0.6) is 0 Å². The summed E-state index contributed by atoms with van der Waals surface area (Å²) in [7, 11) is 0. The van der Waals surface area contributed by atoms with Crippen LogP contribution >= 0.6 is 0 Å². The van der Waals surface area contributed by atoms with E-state index in [9.17, 15) is 23.1 Å². The molecule has 1 fully saturated rings. The molecule has 5 rings (SSSR count). The van der Waals surface area contributed by atoms with Gasteiger partial charge in [0.1, 0.15) is 11.0 Å². The molecule has 2 aliphatic heterocycles. The monoisotopic (exact) mass is 532 g/mol. The third-order valence-corrected chi connectivity index (χ3v) is 7.13. The average Bonchev–Trinajstić information content (AvgIpc) is 3.30. The van der Waals surface area contributed by atoms with E-state index in [1.165, 1.54) is 18.1 Å². The molecule has 1 aromatic carbocycles. The van der Waals surface area contributed by atoms with Crippen LogP contribution in [0.3, 0.4) is 0 Å². The number of anilines is 2. The number of nitrogens with zero attached hydrogens (tertiary/aromatic N) is 5. The number of hydrogen-bond donors (Lipinski definition) is 4. The van der Waals surface area contributed by atoms with Crippen molar-refractivity contribution >= 4 is 28.6 Å². The third-order valence-electron chi connectivity index (χ3n) is 7.13. The standard InChI is InChI=1S/C25H31F3N8O2/c1-15(37)36-10-7-18(8-11-36)30-23-21-20(31-24(32-23)25(26,27)28)22(34-33-21)29-12-19(38)14-35-9-6-16-4-2-3-5-17(16)13-35/h2-5,18-19,38H,6-14H2,1H3,(H2,29,33,34)(H,30,31,32)/t19-/m1/s1. The molecule has 10 nitrogen and oxygen atoms in total. The van der Waals surface area contributed by atoms with Crippen LogP contribution in [0.1, 0.15) is 36.7 Å². The van der Waals surface area contributed by atoms with Gasteiger partial charge >= 0.3 is 6.18 Å². The van der Waals surface area contributed by atoms with Gasteiger partial charge in [0.2, 0.25) is 11.7 Å². The van der Waals surface area contributed by atoms with Gasteiger partial charge in [-0.15, -0.1) is 0 Å². The van der Waals surface area contributed by atoms with Gasteiger partial charge < -0.3 is 20.6 Å². The Bertz CT molecular complexity index is 1290. The number of hydrogen-bond acceptors (Lipinski definition) is 8. The predicted octanol–water partition coefficient (Wildman–Crippen LogP) is 2.63. The second kappa shape index (κ2) is 10.7. The number of fused-ring (bicyclic) bond motifs is 2. The Morgan fingerprint density at radius 3 is 2.61 bits per heavy atom. The summed E-state index contributed by atoms with van der Waals surface area (Å²) in [4.78, 5) is 22.9. The molecular weight excluding hydrogens is 501 g/mol. The van der Waals surface area contributed by atoms with E-state index < -0.39 is 18.1 Å². The van der Waals surface area contributed by atoms with Gasteiger partial charge in [0.25, 0.3) is 0 Å². The minimum atomic E-state index is -4.75. The van der Waals surface area contributed by atoms with Gasteiger partial charge in [0.05, 0.1) is 6.10 Å². The van der Waals surface area contributed by atoms with E-state index in [1.54, 1.807) is 4.90 Å². The van der Waals surface area contributed by atoms with Gasteiger partial charge in [0.15, 0.2) is 11.6 Å². The van der Waals surface area contributed by atoms with Crippen LogP contribution in [0.15, 0.2) is 24.3 Å². The lowest BCUT2D eigenvalue weighted by Crippen LogP contribution is -2.41. The molecule has 4 N–H and O–H groups in total. The molecule has 38 heavy (non-hydrogen) atoms. The molecule has 2 aromatic heterocycles. The molecule has 0 unspecified atom stereocenters. The van der Waals surface area contributed by atoms with Crippen LogP contribution in [0.2, 0.25) is 0 Å². The second-order valence-corrected chi connectivity index (χ2v) is 9.90. The number of β-amino-alcohol motifs (C(OH)–C–C–N with tert-alkyl or cyclic N) is 1. The highest BCUT2D eigenvalue weighted by atomic mass is 19.4. The molecule has 0 aliphatic carbocycles. The van der Waals surface area contributed by atoms with Crippen molar-refractivity contribution in [2.45, 2.75) is 51.1 Å². The summed E-state index contributed by atoms with van der Waals surface area (Å²) in [6.07, 6.45) is -3.44. The molecule has 4 heterocycles. The fourth-order valence-corrected chi connectivity index (χ4v) is 5.08. The third kappa shape index (κ3) is 5.83. The second-order valence-electron chi connectivity index (χ2n) is 9.90. The van der Waals surface area contributed by atoms with Crippen LogP contribution in [-0.4, -0.2) is 85.8 Å². The van der Waals surface area contributed by atoms with Crippen molar-refractivity contribution in [2.75, 3.05) is 43.4 Å². The number of rotatable bonds is 7. The van der Waals surface area contributed by atoms with Crippen LogP contribution in [0.4, 0.5) is 24.8 Å². The maximum absolute atomic E-state index is 13.6. The zero-order valence-corrected chi connectivity index (χ0v) is 21.1. The van der Waals surface area contributed by atoms with Crippen molar-refractivity contribution in [1.82, 2.24) is 30.0 Å². The van der Waals surface area contributed by atoms with Gasteiger partial charge in [-0.25, -0.2) is 9.97 Å². The molecule has 0 radical (unpaired) electrons. The number of benzene rings is 1. The van der Waals surface area contributed by atoms with Crippen LogP contribution in [-0.2, 0) is 23.9 Å². The van der Waals surface area contributed by atoms with Crippen LogP contribution in [0, 0.1) is 0 Å². The molecular formula is C25H31F3N8O2. The zero-order valence-electron chi connectivity index (χ0n) is 21.1. The first-order valence-electron chi connectivity index (χ1n) is 12.7. The molecule has 3 aromatic rings. The number of aliphatic hydroxyl groups excluding tert-OH is 1. The highest BCUT2D eigenvalue weighted by Crippen LogP contribution is 2.32.